The number of nitrogens with zero attached hydrogens (tertiary/aromatic N) is 4. The molecule has 7 nitrogen and oxygen atoms in total. The summed E-state index contributed by atoms with van der Waals surface area (Å²) in [6.07, 6.45) is 1.08. The van der Waals surface area contributed by atoms with Gasteiger partial charge < -0.3 is 20.1 Å². The van der Waals surface area contributed by atoms with Gasteiger partial charge in [-0.3, -0.25) is 4.99 Å². The van der Waals surface area contributed by atoms with Crippen molar-refractivity contribution in [3.63, 3.8) is 0 Å². The highest BCUT2D eigenvalue weighted by Gasteiger charge is 2.23. The van der Waals surface area contributed by atoms with E-state index in [0.29, 0.717) is 24.3 Å². The summed E-state index contributed by atoms with van der Waals surface area (Å²) in [4.78, 5) is 10.8. The van der Waals surface area contributed by atoms with Crippen LogP contribution >= 0.6 is 0 Å². The number of aliphatic imine (C=N–C) groups is 1. The van der Waals surface area contributed by atoms with Crippen LogP contribution in [-0.4, -0.2) is 42.3 Å². The average Bonchev–Trinajstić information content (AvgIpc) is 3.21. The zero-order valence-electron chi connectivity index (χ0n) is 14.4. The van der Waals surface area contributed by atoms with E-state index in [1.165, 1.54) is 11.3 Å². The Balaban J connectivity index is 1.50. The molecule has 1 unspecified atom stereocenters. The normalized spacial score (nSPS) is 18.0. The monoisotopic (exact) mass is 328 g/mol. The molecule has 0 aliphatic carbocycles. The molecule has 0 amide bonds. The van der Waals surface area contributed by atoms with Crippen LogP contribution in [0.15, 0.2) is 33.8 Å². The van der Waals surface area contributed by atoms with Gasteiger partial charge in [0, 0.05) is 38.8 Å². The van der Waals surface area contributed by atoms with Gasteiger partial charge in [0.05, 0.1) is 6.54 Å². The fourth-order valence-corrected chi connectivity index (χ4v) is 2.83. The molecule has 1 aromatic carbocycles. The van der Waals surface area contributed by atoms with E-state index in [-0.39, 0.29) is 0 Å². The SMILES string of the molecule is CN=C(NCc1noc(C)n1)NC1CCN(c2ccc(C)cc2)C1. The summed E-state index contributed by atoms with van der Waals surface area (Å²) in [6, 6.07) is 9.05. The third kappa shape index (κ3) is 4.04. The second-order valence-corrected chi connectivity index (χ2v) is 6.07. The van der Waals surface area contributed by atoms with Gasteiger partial charge in [-0.2, -0.15) is 4.98 Å². The lowest BCUT2D eigenvalue weighted by atomic mass is 10.2. The highest BCUT2D eigenvalue weighted by molar-refractivity contribution is 5.80. The number of anilines is 1. The lowest BCUT2D eigenvalue weighted by Gasteiger charge is -2.20. The maximum absolute atomic E-state index is 4.97. The first-order valence-electron chi connectivity index (χ1n) is 8.22. The molecule has 1 aromatic heterocycles. The van der Waals surface area contributed by atoms with E-state index in [1.807, 2.05) is 0 Å². The second kappa shape index (κ2) is 7.33. The molecule has 128 valence electrons. The number of hydrogen-bond acceptors (Lipinski definition) is 5. The van der Waals surface area contributed by atoms with Crippen LogP contribution in [0.1, 0.15) is 23.7 Å². The van der Waals surface area contributed by atoms with E-state index in [0.717, 1.165) is 25.5 Å². The molecule has 0 spiro atoms. The summed E-state index contributed by atoms with van der Waals surface area (Å²) < 4.78 is 4.97. The number of benzene rings is 1. The average molecular weight is 328 g/mol. The molecule has 1 aliphatic rings. The summed E-state index contributed by atoms with van der Waals surface area (Å²) in [5, 5.41) is 10.6. The van der Waals surface area contributed by atoms with E-state index in [2.05, 4.69) is 61.9 Å². The van der Waals surface area contributed by atoms with Crippen molar-refractivity contribution in [3.8, 4) is 0 Å². The predicted octanol–water partition coefficient (Wildman–Crippen LogP) is 1.63. The number of hydrogen-bond donors (Lipinski definition) is 2. The molecule has 0 radical (unpaired) electrons. The van der Waals surface area contributed by atoms with Crippen LogP contribution in [-0.2, 0) is 6.54 Å². The van der Waals surface area contributed by atoms with Crippen LogP contribution < -0.4 is 15.5 Å². The highest BCUT2D eigenvalue weighted by Crippen LogP contribution is 2.20. The molecule has 3 rings (SSSR count). The smallest absolute Gasteiger partial charge is 0.223 e. The van der Waals surface area contributed by atoms with Crippen LogP contribution in [0.25, 0.3) is 0 Å². The van der Waals surface area contributed by atoms with E-state index >= 15 is 0 Å². The van der Waals surface area contributed by atoms with Crippen LogP contribution in [0.2, 0.25) is 0 Å². The van der Waals surface area contributed by atoms with Crippen LogP contribution in [0.4, 0.5) is 5.69 Å². The summed E-state index contributed by atoms with van der Waals surface area (Å²) in [5.41, 5.74) is 2.56. The maximum atomic E-state index is 4.97. The number of nitrogens with one attached hydrogen (secondary N) is 2. The Labute approximate surface area is 142 Å². The zero-order valence-corrected chi connectivity index (χ0v) is 14.4. The van der Waals surface area contributed by atoms with Gasteiger partial charge in [-0.25, -0.2) is 0 Å². The summed E-state index contributed by atoms with van der Waals surface area (Å²) in [5.74, 6) is 1.95. The molecule has 2 N–H and O–H groups in total. The number of aromatic nitrogens is 2. The summed E-state index contributed by atoms with van der Waals surface area (Å²) in [7, 11) is 1.77. The molecular weight excluding hydrogens is 304 g/mol. The van der Waals surface area contributed by atoms with Crippen LogP contribution in [0, 0.1) is 13.8 Å². The Hall–Kier alpha value is -2.57. The van der Waals surface area contributed by atoms with E-state index in [9.17, 15) is 0 Å². The first-order chi connectivity index (χ1) is 11.6. The first kappa shape index (κ1) is 16.3. The van der Waals surface area contributed by atoms with Crippen molar-refractivity contribution in [2.45, 2.75) is 32.9 Å². The minimum atomic E-state index is 0.365. The van der Waals surface area contributed by atoms with Gasteiger partial charge in [-0.15, -0.1) is 0 Å². The molecule has 7 heteroatoms. The van der Waals surface area contributed by atoms with Gasteiger partial charge in [0.2, 0.25) is 5.89 Å². The lowest BCUT2D eigenvalue weighted by Crippen LogP contribution is -2.44. The predicted molar refractivity (Wildman–Crippen MR) is 94.2 cm³/mol. The highest BCUT2D eigenvalue weighted by atomic mass is 16.5. The molecule has 1 saturated heterocycles. The van der Waals surface area contributed by atoms with Crippen molar-refractivity contribution in [3.05, 3.63) is 41.5 Å². The number of guanidine groups is 1. The third-order valence-electron chi connectivity index (χ3n) is 4.14. The Morgan fingerprint density at radius 2 is 2.12 bits per heavy atom. The lowest BCUT2D eigenvalue weighted by molar-refractivity contribution is 0.386. The molecule has 1 aliphatic heterocycles. The Morgan fingerprint density at radius 1 is 1.33 bits per heavy atom. The van der Waals surface area contributed by atoms with Crippen molar-refractivity contribution in [2.75, 3.05) is 25.0 Å². The molecule has 0 saturated carbocycles. The van der Waals surface area contributed by atoms with Gasteiger partial charge in [-0.1, -0.05) is 22.9 Å². The van der Waals surface area contributed by atoms with Crippen molar-refractivity contribution >= 4 is 11.6 Å². The van der Waals surface area contributed by atoms with E-state index in [4.69, 9.17) is 4.52 Å². The van der Waals surface area contributed by atoms with Gasteiger partial charge in [0.15, 0.2) is 11.8 Å². The third-order valence-corrected chi connectivity index (χ3v) is 4.14. The molecule has 0 bridgehead atoms. The standard InChI is InChI=1S/C17H24N6O/c1-12-4-6-15(7-5-12)23-9-8-14(11-23)21-17(18-3)19-10-16-20-13(2)24-22-16/h4-7,14H,8-11H2,1-3H3,(H2,18,19,21). The molecule has 1 atom stereocenters. The van der Waals surface area contributed by atoms with Crippen molar-refractivity contribution in [1.82, 2.24) is 20.8 Å². The minimum absolute atomic E-state index is 0.365. The van der Waals surface area contributed by atoms with Crippen molar-refractivity contribution in [1.29, 1.82) is 0 Å². The molecule has 24 heavy (non-hydrogen) atoms. The number of rotatable bonds is 4. The van der Waals surface area contributed by atoms with Crippen molar-refractivity contribution in [2.24, 2.45) is 4.99 Å². The summed E-state index contributed by atoms with van der Waals surface area (Å²) in [6.45, 7) is 6.39. The van der Waals surface area contributed by atoms with Crippen LogP contribution in [0.5, 0.6) is 0 Å². The largest absolute Gasteiger partial charge is 0.369 e. The maximum Gasteiger partial charge on any atom is 0.223 e. The quantitative estimate of drug-likeness (QED) is 0.656. The first-order valence-corrected chi connectivity index (χ1v) is 8.22. The van der Waals surface area contributed by atoms with Gasteiger partial charge >= 0.3 is 0 Å². The van der Waals surface area contributed by atoms with Crippen LogP contribution in [0.3, 0.4) is 0 Å². The molecule has 1 fully saturated rings. The number of aryl methyl sites for hydroxylation is 2. The molecular formula is C17H24N6O. The zero-order chi connectivity index (χ0) is 16.9. The molecule has 2 heterocycles. The van der Waals surface area contributed by atoms with Crippen molar-refractivity contribution < 1.29 is 4.52 Å². The Kier molecular flexibility index (Phi) is 4.98. The van der Waals surface area contributed by atoms with E-state index < -0.39 is 0 Å². The fraction of sp³-hybridized carbons (Fsp3) is 0.471. The minimum Gasteiger partial charge on any atom is -0.369 e. The van der Waals surface area contributed by atoms with Gasteiger partial charge in [0.1, 0.15) is 0 Å². The Bertz CT molecular complexity index is 693. The van der Waals surface area contributed by atoms with Gasteiger partial charge in [-0.05, 0) is 25.5 Å². The fourth-order valence-electron chi connectivity index (χ4n) is 2.83. The molecule has 2 aromatic rings. The topological polar surface area (TPSA) is 78.6 Å². The summed E-state index contributed by atoms with van der Waals surface area (Å²) >= 11 is 0. The van der Waals surface area contributed by atoms with Gasteiger partial charge in [0.25, 0.3) is 0 Å². The Morgan fingerprint density at radius 3 is 2.79 bits per heavy atom. The second-order valence-electron chi connectivity index (χ2n) is 6.07. The van der Waals surface area contributed by atoms with E-state index in [1.54, 1.807) is 14.0 Å².